The van der Waals surface area contributed by atoms with Gasteiger partial charge in [0, 0.05) is 29.9 Å². The van der Waals surface area contributed by atoms with E-state index in [-0.39, 0.29) is 30.1 Å². The highest BCUT2D eigenvalue weighted by atomic mass is 19.1. The van der Waals surface area contributed by atoms with Gasteiger partial charge in [0.25, 0.3) is 5.91 Å². The van der Waals surface area contributed by atoms with E-state index >= 15 is 0 Å². The van der Waals surface area contributed by atoms with Gasteiger partial charge in [-0.25, -0.2) is 4.39 Å². The van der Waals surface area contributed by atoms with Gasteiger partial charge in [0.1, 0.15) is 5.82 Å². The molecule has 41 heavy (non-hydrogen) atoms. The Balaban J connectivity index is 1.42. The molecule has 4 aromatic rings. The molecule has 2 aliphatic rings. The molecule has 2 amide bonds. The van der Waals surface area contributed by atoms with Crippen LogP contribution in [0.3, 0.4) is 0 Å². The number of H-pyrrole nitrogens is 1. The summed E-state index contributed by atoms with van der Waals surface area (Å²) in [6.45, 7) is 5.15. The highest BCUT2D eigenvalue weighted by molar-refractivity contribution is 6.01. The molecule has 6 rings (SSSR count). The number of benzene rings is 3. The number of carbonyl (C=O) groups excluding carboxylic acids is 2. The van der Waals surface area contributed by atoms with Gasteiger partial charge < -0.3 is 24.3 Å². The Morgan fingerprint density at radius 1 is 1.05 bits per heavy atom. The predicted molar refractivity (Wildman–Crippen MR) is 155 cm³/mol. The lowest BCUT2D eigenvalue weighted by molar-refractivity contribution is -0.166. The molecule has 0 bridgehead atoms. The third kappa shape index (κ3) is 4.51. The molecule has 0 unspecified atom stereocenters. The zero-order valence-electron chi connectivity index (χ0n) is 23.6. The number of nitrogens with zero attached hydrogens (tertiary/aromatic N) is 2. The molecule has 0 radical (unpaired) electrons. The van der Waals surface area contributed by atoms with Crippen molar-refractivity contribution in [2.24, 2.45) is 0 Å². The average molecular weight is 556 g/mol. The number of nitrogens with one attached hydrogen (secondary N) is 1. The summed E-state index contributed by atoms with van der Waals surface area (Å²) in [5.74, 6) is 0.561. The van der Waals surface area contributed by atoms with Crippen LogP contribution in [0, 0.1) is 5.82 Å². The minimum absolute atomic E-state index is 0.0147. The van der Waals surface area contributed by atoms with Crippen LogP contribution in [-0.2, 0) is 21.5 Å². The first-order valence-corrected chi connectivity index (χ1v) is 14.1. The Labute approximate surface area is 238 Å². The SMILES string of the molecule is CCCOc1ccc([C@H]2CN3C(=O)CN(CCc4cccc(F)c4)C(=O)[C@]3(C)c3[nH]c4ccccc4c32)cc1OC. The van der Waals surface area contributed by atoms with Crippen molar-refractivity contribution >= 4 is 22.7 Å². The van der Waals surface area contributed by atoms with Crippen molar-refractivity contribution in [2.45, 2.75) is 38.1 Å². The summed E-state index contributed by atoms with van der Waals surface area (Å²) in [5, 5.41) is 1.02. The third-order valence-electron chi connectivity index (χ3n) is 8.43. The van der Waals surface area contributed by atoms with Crippen LogP contribution in [0.5, 0.6) is 11.5 Å². The lowest BCUT2D eigenvalue weighted by Crippen LogP contribution is -2.67. The summed E-state index contributed by atoms with van der Waals surface area (Å²) in [6, 6.07) is 20.3. The normalized spacial score (nSPS) is 20.2. The largest absolute Gasteiger partial charge is 0.493 e. The molecule has 1 fully saturated rings. The molecular weight excluding hydrogens is 521 g/mol. The number of piperazine rings is 1. The van der Waals surface area contributed by atoms with Crippen molar-refractivity contribution in [3.8, 4) is 11.5 Å². The second-order valence-electron chi connectivity index (χ2n) is 11.0. The lowest BCUT2D eigenvalue weighted by atomic mass is 9.76. The Bertz CT molecular complexity index is 1630. The fourth-order valence-corrected chi connectivity index (χ4v) is 6.34. The Kier molecular flexibility index (Phi) is 6.93. The molecular formula is C33H34FN3O4. The van der Waals surface area contributed by atoms with E-state index in [1.807, 2.05) is 49.4 Å². The summed E-state index contributed by atoms with van der Waals surface area (Å²) in [6.07, 6.45) is 1.34. The lowest BCUT2D eigenvalue weighted by Gasteiger charge is -2.51. The first kappa shape index (κ1) is 26.9. The number of ether oxygens (including phenoxy) is 2. The summed E-state index contributed by atoms with van der Waals surface area (Å²) in [7, 11) is 1.62. The number of para-hydroxylation sites is 1. The van der Waals surface area contributed by atoms with Crippen molar-refractivity contribution in [1.82, 2.24) is 14.8 Å². The van der Waals surface area contributed by atoms with Gasteiger partial charge in [0.2, 0.25) is 5.91 Å². The number of carbonyl (C=O) groups is 2. The number of rotatable bonds is 8. The van der Waals surface area contributed by atoms with Crippen LogP contribution in [-0.4, -0.2) is 59.9 Å². The smallest absolute Gasteiger partial charge is 0.254 e. The van der Waals surface area contributed by atoms with Crippen LogP contribution in [0.4, 0.5) is 4.39 Å². The van der Waals surface area contributed by atoms with Crippen LogP contribution >= 0.6 is 0 Å². The van der Waals surface area contributed by atoms with Gasteiger partial charge in [-0.3, -0.25) is 9.59 Å². The van der Waals surface area contributed by atoms with E-state index < -0.39 is 5.54 Å². The maximum Gasteiger partial charge on any atom is 0.254 e. The molecule has 0 saturated carbocycles. The van der Waals surface area contributed by atoms with Gasteiger partial charge >= 0.3 is 0 Å². The molecule has 1 N–H and O–H groups in total. The molecule has 212 valence electrons. The fourth-order valence-electron chi connectivity index (χ4n) is 6.34. The van der Waals surface area contributed by atoms with Gasteiger partial charge in [-0.15, -0.1) is 0 Å². The number of aromatic amines is 1. The van der Waals surface area contributed by atoms with E-state index in [0.717, 1.165) is 39.7 Å². The molecule has 0 spiro atoms. The maximum atomic E-state index is 14.2. The summed E-state index contributed by atoms with van der Waals surface area (Å²) in [5.41, 5.74) is 3.22. The van der Waals surface area contributed by atoms with Crippen LogP contribution in [0.15, 0.2) is 66.7 Å². The molecule has 3 aromatic carbocycles. The summed E-state index contributed by atoms with van der Waals surface area (Å²) < 4.78 is 25.3. The number of methoxy groups -OCH3 is 1. The van der Waals surface area contributed by atoms with Crippen molar-refractivity contribution in [3.63, 3.8) is 0 Å². The zero-order valence-corrected chi connectivity index (χ0v) is 23.6. The average Bonchev–Trinajstić information content (AvgIpc) is 3.38. The van der Waals surface area contributed by atoms with E-state index in [4.69, 9.17) is 9.47 Å². The minimum atomic E-state index is -1.20. The van der Waals surface area contributed by atoms with Gasteiger partial charge in [0.05, 0.1) is 26.0 Å². The highest BCUT2D eigenvalue weighted by Crippen LogP contribution is 2.49. The second kappa shape index (κ2) is 10.6. The quantitative estimate of drug-likeness (QED) is 0.317. The number of amides is 2. The maximum absolute atomic E-state index is 14.2. The standard InChI is InChI=1S/C33H34FN3O4/c1-4-16-41-27-13-12-22(18-28(27)40-3)25-19-37-29(38)20-36(15-14-21-8-7-9-23(34)17-21)32(39)33(37,2)31-30(25)24-10-5-6-11-26(24)35-31/h5-13,17-18,25,35H,4,14-16,19-20H2,1-3H3/t25-,33+/m1/s1. The van der Waals surface area contributed by atoms with Gasteiger partial charge in [-0.05, 0) is 66.8 Å². The third-order valence-corrected chi connectivity index (χ3v) is 8.43. The summed E-state index contributed by atoms with van der Waals surface area (Å²) in [4.78, 5) is 34.9. The molecule has 8 heteroatoms. The van der Waals surface area contributed by atoms with Crippen molar-refractivity contribution in [1.29, 1.82) is 0 Å². The Hall–Kier alpha value is -4.33. The summed E-state index contributed by atoms with van der Waals surface area (Å²) >= 11 is 0. The molecule has 2 aliphatic heterocycles. The number of hydrogen-bond donors (Lipinski definition) is 1. The van der Waals surface area contributed by atoms with E-state index in [1.54, 1.807) is 23.0 Å². The molecule has 3 heterocycles. The Morgan fingerprint density at radius 3 is 2.66 bits per heavy atom. The van der Waals surface area contributed by atoms with Crippen LogP contribution in [0.1, 0.15) is 48.6 Å². The topological polar surface area (TPSA) is 74.9 Å². The van der Waals surface area contributed by atoms with Crippen molar-refractivity contribution in [2.75, 3.05) is 33.4 Å². The van der Waals surface area contributed by atoms with E-state index in [1.165, 1.54) is 12.1 Å². The molecule has 1 saturated heterocycles. The number of aromatic nitrogens is 1. The van der Waals surface area contributed by atoms with Crippen LogP contribution in [0.25, 0.3) is 10.9 Å². The zero-order chi connectivity index (χ0) is 28.7. The first-order chi connectivity index (χ1) is 19.8. The van der Waals surface area contributed by atoms with Crippen molar-refractivity contribution in [3.05, 3.63) is 94.9 Å². The van der Waals surface area contributed by atoms with Gasteiger partial charge in [-0.2, -0.15) is 0 Å². The molecule has 2 atom stereocenters. The molecule has 7 nitrogen and oxygen atoms in total. The molecule has 1 aromatic heterocycles. The number of hydrogen-bond acceptors (Lipinski definition) is 4. The van der Waals surface area contributed by atoms with Crippen LogP contribution < -0.4 is 9.47 Å². The monoisotopic (exact) mass is 555 g/mol. The second-order valence-corrected chi connectivity index (χ2v) is 11.0. The van der Waals surface area contributed by atoms with Gasteiger partial charge in [0.15, 0.2) is 17.0 Å². The Morgan fingerprint density at radius 2 is 1.88 bits per heavy atom. The first-order valence-electron chi connectivity index (χ1n) is 14.1. The highest BCUT2D eigenvalue weighted by Gasteiger charge is 2.56. The van der Waals surface area contributed by atoms with Crippen molar-refractivity contribution < 1.29 is 23.5 Å². The number of fused-ring (bicyclic) bond motifs is 5. The van der Waals surface area contributed by atoms with Gasteiger partial charge in [-0.1, -0.05) is 43.3 Å². The van der Waals surface area contributed by atoms with E-state index in [0.29, 0.717) is 37.6 Å². The minimum Gasteiger partial charge on any atom is -0.493 e. The predicted octanol–water partition coefficient (Wildman–Crippen LogP) is 5.38. The number of halogens is 1. The van der Waals surface area contributed by atoms with Crippen LogP contribution in [0.2, 0.25) is 0 Å². The fraction of sp³-hybridized carbons (Fsp3) is 0.333. The molecule has 0 aliphatic carbocycles. The van der Waals surface area contributed by atoms with E-state index in [9.17, 15) is 14.0 Å². The van der Waals surface area contributed by atoms with E-state index in [2.05, 4.69) is 18.0 Å².